The Hall–Kier alpha value is -6.04. The Balaban J connectivity index is 1.36. The molecule has 5 heteroatoms. The van der Waals surface area contributed by atoms with E-state index in [1.807, 2.05) is 0 Å². The fourth-order valence-corrected chi connectivity index (χ4v) is 9.85. The zero-order valence-corrected chi connectivity index (χ0v) is 27.1. The quantitative estimate of drug-likeness (QED) is 0.188. The SMILES string of the molecule is C1=Cc2c(n3c4ccccc4c4c5c(cc2c43)c2ccc3ccccc3c2n5-c2nc(-c3ccccc3)c3sc4ccccc4c3n2)CC1. The number of allylic oxidation sites excluding steroid dienone is 1. The Labute approximate surface area is 284 Å². The number of fused-ring (bicyclic) bond motifs is 15. The first-order valence-corrected chi connectivity index (χ1v) is 17.7. The van der Waals surface area contributed by atoms with Crippen LogP contribution in [0.15, 0.2) is 127 Å². The molecule has 12 rings (SSSR count). The van der Waals surface area contributed by atoms with Crippen LogP contribution in [0.2, 0.25) is 0 Å². The van der Waals surface area contributed by atoms with Crippen LogP contribution < -0.4 is 0 Å². The van der Waals surface area contributed by atoms with Crippen molar-refractivity contribution in [1.82, 2.24) is 18.9 Å². The number of rotatable bonds is 2. The lowest BCUT2D eigenvalue weighted by Crippen LogP contribution is -2.03. The minimum atomic E-state index is 0.703. The van der Waals surface area contributed by atoms with E-state index in [0.29, 0.717) is 5.95 Å². The van der Waals surface area contributed by atoms with E-state index in [4.69, 9.17) is 9.97 Å². The summed E-state index contributed by atoms with van der Waals surface area (Å²) in [7, 11) is 0. The second-order valence-corrected chi connectivity index (χ2v) is 14.3. The lowest BCUT2D eigenvalue weighted by molar-refractivity contribution is 0.926. The van der Waals surface area contributed by atoms with Gasteiger partial charge in [0.25, 0.3) is 0 Å². The molecule has 4 nitrogen and oxygen atoms in total. The van der Waals surface area contributed by atoms with Crippen molar-refractivity contribution in [1.29, 1.82) is 0 Å². The van der Waals surface area contributed by atoms with Gasteiger partial charge < -0.3 is 4.40 Å². The molecule has 5 aromatic heterocycles. The molecular formula is C44H26N4S. The van der Waals surface area contributed by atoms with Gasteiger partial charge in [0, 0.05) is 59.2 Å². The summed E-state index contributed by atoms with van der Waals surface area (Å²) in [5, 5.41) is 9.88. The summed E-state index contributed by atoms with van der Waals surface area (Å²) < 4.78 is 7.28. The van der Waals surface area contributed by atoms with E-state index in [0.717, 1.165) is 39.8 Å². The van der Waals surface area contributed by atoms with Gasteiger partial charge in [-0.15, -0.1) is 11.3 Å². The molecule has 0 N–H and O–H groups in total. The van der Waals surface area contributed by atoms with Gasteiger partial charge >= 0.3 is 0 Å². The fraction of sp³-hybridized carbons (Fsp3) is 0.0455. The number of thiophene rings is 1. The molecule has 6 aromatic carbocycles. The molecule has 1 aliphatic rings. The Bertz CT molecular complexity index is 3210. The Morgan fingerprint density at radius 1 is 0.612 bits per heavy atom. The van der Waals surface area contributed by atoms with Gasteiger partial charge in [-0.2, -0.15) is 0 Å². The van der Waals surface area contributed by atoms with Crippen LogP contribution in [0.1, 0.15) is 17.7 Å². The van der Waals surface area contributed by atoms with E-state index in [2.05, 4.69) is 142 Å². The molecule has 0 aliphatic heterocycles. The number of benzene rings is 6. The monoisotopic (exact) mass is 642 g/mol. The Kier molecular flexibility index (Phi) is 4.94. The molecule has 0 radical (unpaired) electrons. The number of aromatic nitrogens is 4. The highest BCUT2D eigenvalue weighted by Crippen LogP contribution is 2.48. The Morgan fingerprint density at radius 3 is 2.33 bits per heavy atom. The third-order valence-electron chi connectivity index (χ3n) is 10.7. The molecule has 0 amide bonds. The zero-order chi connectivity index (χ0) is 31.8. The summed E-state index contributed by atoms with van der Waals surface area (Å²) in [5.41, 5.74) is 10.7. The minimum absolute atomic E-state index is 0.703. The lowest BCUT2D eigenvalue weighted by Gasteiger charge is -2.12. The molecule has 0 unspecified atom stereocenters. The molecule has 0 saturated heterocycles. The zero-order valence-electron chi connectivity index (χ0n) is 26.3. The maximum absolute atomic E-state index is 5.55. The molecule has 0 atom stereocenters. The predicted molar refractivity (Wildman–Crippen MR) is 207 cm³/mol. The highest BCUT2D eigenvalue weighted by Gasteiger charge is 2.28. The third-order valence-corrected chi connectivity index (χ3v) is 11.9. The molecule has 0 fully saturated rings. The summed E-state index contributed by atoms with van der Waals surface area (Å²) >= 11 is 1.78. The van der Waals surface area contributed by atoms with Gasteiger partial charge in [-0.05, 0) is 36.4 Å². The van der Waals surface area contributed by atoms with Crippen LogP contribution in [-0.4, -0.2) is 18.9 Å². The van der Waals surface area contributed by atoms with E-state index in [1.165, 1.54) is 75.6 Å². The minimum Gasteiger partial charge on any atom is -0.312 e. The van der Waals surface area contributed by atoms with Crippen molar-refractivity contribution in [3.8, 4) is 17.2 Å². The van der Waals surface area contributed by atoms with E-state index in [9.17, 15) is 0 Å². The van der Waals surface area contributed by atoms with Crippen molar-refractivity contribution >= 4 is 97.5 Å². The molecule has 228 valence electrons. The molecule has 0 spiro atoms. The second-order valence-electron chi connectivity index (χ2n) is 13.2. The average molecular weight is 643 g/mol. The Morgan fingerprint density at radius 2 is 1.41 bits per heavy atom. The number of hydrogen-bond donors (Lipinski definition) is 0. The smallest absolute Gasteiger partial charge is 0.235 e. The van der Waals surface area contributed by atoms with Gasteiger partial charge in [0.1, 0.15) is 0 Å². The maximum Gasteiger partial charge on any atom is 0.235 e. The maximum atomic E-state index is 5.55. The molecule has 0 bridgehead atoms. The molecule has 5 heterocycles. The highest BCUT2D eigenvalue weighted by molar-refractivity contribution is 7.26. The number of nitrogens with zero attached hydrogens (tertiary/aromatic N) is 4. The van der Waals surface area contributed by atoms with Crippen molar-refractivity contribution in [2.75, 3.05) is 0 Å². The normalized spacial score (nSPS) is 13.5. The summed E-state index contributed by atoms with van der Waals surface area (Å²) in [4.78, 5) is 11.1. The van der Waals surface area contributed by atoms with Crippen LogP contribution in [-0.2, 0) is 6.42 Å². The largest absolute Gasteiger partial charge is 0.312 e. The van der Waals surface area contributed by atoms with Crippen molar-refractivity contribution in [3.05, 3.63) is 139 Å². The van der Waals surface area contributed by atoms with Gasteiger partial charge in [-0.3, -0.25) is 4.57 Å². The van der Waals surface area contributed by atoms with Crippen LogP contribution in [0.25, 0.3) is 103 Å². The predicted octanol–water partition coefficient (Wildman–Crippen LogP) is 11.7. The van der Waals surface area contributed by atoms with E-state index < -0.39 is 0 Å². The first kappa shape index (κ1) is 26.0. The molecule has 11 aromatic rings. The molecule has 0 saturated carbocycles. The van der Waals surface area contributed by atoms with Crippen LogP contribution in [0, 0.1) is 0 Å². The van der Waals surface area contributed by atoms with Gasteiger partial charge in [-0.25, -0.2) is 9.97 Å². The third kappa shape index (κ3) is 3.28. The second kappa shape index (κ2) is 9.31. The topological polar surface area (TPSA) is 35.1 Å². The van der Waals surface area contributed by atoms with Crippen LogP contribution in [0.3, 0.4) is 0 Å². The fourth-order valence-electron chi connectivity index (χ4n) is 8.70. The average Bonchev–Trinajstić information content (AvgIpc) is 3.90. The van der Waals surface area contributed by atoms with E-state index in [-0.39, 0.29) is 0 Å². The summed E-state index contributed by atoms with van der Waals surface area (Å²) in [6.45, 7) is 0. The van der Waals surface area contributed by atoms with Crippen molar-refractivity contribution in [2.24, 2.45) is 0 Å². The molecular weight excluding hydrogens is 617 g/mol. The number of aryl methyl sites for hydroxylation is 1. The van der Waals surface area contributed by atoms with Crippen LogP contribution in [0.4, 0.5) is 0 Å². The summed E-state index contributed by atoms with van der Waals surface area (Å²) in [5.74, 6) is 0.703. The standard InChI is InChI=1S/C44H26N4S/c1-2-13-26(14-3-1)38-43-39(31-18-8-11-21-36(31)49-43)46-44(45-38)48-40-27-15-5-4-12-25(27)22-23-29(40)33-24-32-28-16-6-9-19-34(28)47-35-20-10-7-17-30(35)37(41(32)47)42(33)48/h1-8,10-18,20-24H,9,19H2. The van der Waals surface area contributed by atoms with Crippen LogP contribution in [0.5, 0.6) is 0 Å². The number of para-hydroxylation sites is 1. The first-order chi connectivity index (χ1) is 24.3. The van der Waals surface area contributed by atoms with E-state index in [1.54, 1.807) is 11.3 Å². The summed E-state index contributed by atoms with van der Waals surface area (Å²) in [6.07, 6.45) is 6.78. The number of hydrogen-bond acceptors (Lipinski definition) is 3. The van der Waals surface area contributed by atoms with Gasteiger partial charge in [0.15, 0.2) is 0 Å². The van der Waals surface area contributed by atoms with Crippen molar-refractivity contribution in [3.63, 3.8) is 0 Å². The molecule has 1 aliphatic carbocycles. The van der Waals surface area contributed by atoms with Crippen molar-refractivity contribution in [2.45, 2.75) is 12.8 Å². The van der Waals surface area contributed by atoms with Crippen LogP contribution >= 0.6 is 11.3 Å². The summed E-state index contributed by atoms with van der Waals surface area (Å²) in [6, 6.07) is 43.9. The van der Waals surface area contributed by atoms with Gasteiger partial charge in [0.05, 0.1) is 38.0 Å². The molecule has 49 heavy (non-hydrogen) atoms. The van der Waals surface area contributed by atoms with Gasteiger partial charge in [-0.1, -0.05) is 115 Å². The first-order valence-electron chi connectivity index (χ1n) is 16.9. The van der Waals surface area contributed by atoms with E-state index >= 15 is 0 Å². The lowest BCUT2D eigenvalue weighted by atomic mass is 9.98. The highest BCUT2D eigenvalue weighted by atomic mass is 32.1. The van der Waals surface area contributed by atoms with Gasteiger partial charge in [0.2, 0.25) is 5.95 Å². The van der Waals surface area contributed by atoms with Crippen molar-refractivity contribution < 1.29 is 0 Å².